The highest BCUT2D eigenvalue weighted by Gasteiger charge is 2.31. The van der Waals surface area contributed by atoms with Gasteiger partial charge >= 0.3 is 6.18 Å². The first-order valence-corrected chi connectivity index (χ1v) is 14.5. The van der Waals surface area contributed by atoms with E-state index < -0.39 is 30.6 Å². The van der Waals surface area contributed by atoms with Gasteiger partial charge in [-0.2, -0.15) is 13.2 Å². The molecule has 0 saturated heterocycles. The summed E-state index contributed by atoms with van der Waals surface area (Å²) in [7, 11) is 0. The van der Waals surface area contributed by atoms with Gasteiger partial charge in [0.15, 0.2) is 0 Å². The Bertz CT molecular complexity index is 1670. The number of carbonyl (C=O) groups is 3. The fourth-order valence-electron chi connectivity index (χ4n) is 4.44. The number of rotatable bonds is 9. The van der Waals surface area contributed by atoms with Crippen molar-refractivity contribution in [2.24, 2.45) is 5.92 Å². The average molecular weight is 678 g/mol. The third kappa shape index (κ3) is 8.17. The molecule has 1 unspecified atom stereocenters. The highest BCUT2D eigenvalue weighted by atomic mass is 79.9. The fraction of sp³-hybridized carbons (Fsp3) is 0.258. The van der Waals surface area contributed by atoms with Gasteiger partial charge in [-0.25, -0.2) is 0 Å². The quantitative estimate of drug-likeness (QED) is 0.170. The van der Waals surface area contributed by atoms with Crippen LogP contribution < -0.4 is 16.0 Å². The minimum atomic E-state index is -4.58. The molecule has 0 radical (unpaired) electrons. The minimum absolute atomic E-state index is 0.137. The van der Waals surface area contributed by atoms with Crippen LogP contribution in [0.25, 0.3) is 10.9 Å². The molecule has 12 heteroatoms. The second-order valence-electron chi connectivity index (χ2n) is 10.4. The third-order valence-corrected chi connectivity index (χ3v) is 7.57. The summed E-state index contributed by atoms with van der Waals surface area (Å²) in [6.07, 6.45) is -4.58. The summed E-state index contributed by atoms with van der Waals surface area (Å²) >= 11 is 9.63. The number of alkyl halides is 3. The van der Waals surface area contributed by atoms with Crippen molar-refractivity contribution in [1.82, 2.24) is 15.2 Å². The van der Waals surface area contributed by atoms with Crippen LogP contribution in [0.5, 0.6) is 0 Å². The maximum absolute atomic E-state index is 13.6. The minimum Gasteiger partial charge on any atom is -0.352 e. The summed E-state index contributed by atoms with van der Waals surface area (Å²) in [5.74, 6) is -1.55. The van der Waals surface area contributed by atoms with Crippen molar-refractivity contribution in [3.63, 3.8) is 0 Å². The van der Waals surface area contributed by atoms with Gasteiger partial charge < -0.3 is 20.5 Å². The van der Waals surface area contributed by atoms with E-state index in [0.29, 0.717) is 16.6 Å². The Hall–Kier alpha value is -3.83. The summed E-state index contributed by atoms with van der Waals surface area (Å²) in [6, 6.07) is 17.3. The normalized spacial score (nSPS) is 12.3. The van der Waals surface area contributed by atoms with Crippen LogP contribution in [0.4, 0.5) is 18.9 Å². The molecule has 3 aromatic carbocycles. The molecule has 4 rings (SSSR count). The predicted molar refractivity (Wildman–Crippen MR) is 164 cm³/mol. The molecule has 226 valence electrons. The van der Waals surface area contributed by atoms with E-state index >= 15 is 0 Å². The SMILES string of the molecule is CC(C)C(=O)NCc1ccc(Cl)c(C(=O)Nc2ccc3c(c2)cc(C(=O)NC(C)c2ccc(Br)cc2)n3CC(F)(F)F)c1. The van der Waals surface area contributed by atoms with Crippen LogP contribution in [0, 0.1) is 5.92 Å². The lowest BCUT2D eigenvalue weighted by Gasteiger charge is -2.17. The van der Waals surface area contributed by atoms with Crippen LogP contribution in [-0.4, -0.2) is 28.5 Å². The number of fused-ring (bicyclic) bond motifs is 1. The molecule has 1 heterocycles. The summed E-state index contributed by atoms with van der Waals surface area (Å²) in [5.41, 5.74) is 1.92. The highest BCUT2D eigenvalue weighted by Crippen LogP contribution is 2.29. The van der Waals surface area contributed by atoms with E-state index in [9.17, 15) is 27.6 Å². The number of aromatic nitrogens is 1. The van der Waals surface area contributed by atoms with E-state index in [1.165, 1.54) is 24.3 Å². The number of hydrogen-bond acceptors (Lipinski definition) is 3. The molecule has 1 aromatic heterocycles. The van der Waals surface area contributed by atoms with Crippen molar-refractivity contribution in [1.29, 1.82) is 0 Å². The van der Waals surface area contributed by atoms with Gasteiger partial charge in [0.1, 0.15) is 12.2 Å². The van der Waals surface area contributed by atoms with Crippen LogP contribution in [0.15, 0.2) is 71.2 Å². The molecule has 0 bridgehead atoms. The van der Waals surface area contributed by atoms with Crippen LogP contribution in [0.3, 0.4) is 0 Å². The molecule has 0 aliphatic carbocycles. The molecule has 0 aliphatic rings. The predicted octanol–water partition coefficient (Wildman–Crippen LogP) is 7.64. The van der Waals surface area contributed by atoms with Crippen LogP contribution >= 0.6 is 27.5 Å². The zero-order valence-corrected chi connectivity index (χ0v) is 25.8. The van der Waals surface area contributed by atoms with E-state index in [4.69, 9.17) is 11.6 Å². The van der Waals surface area contributed by atoms with Crippen molar-refractivity contribution in [2.75, 3.05) is 5.32 Å². The van der Waals surface area contributed by atoms with Gasteiger partial charge in [-0.15, -0.1) is 0 Å². The Morgan fingerprint density at radius 1 is 0.930 bits per heavy atom. The van der Waals surface area contributed by atoms with Gasteiger partial charge in [-0.3, -0.25) is 14.4 Å². The lowest BCUT2D eigenvalue weighted by atomic mass is 10.1. The maximum Gasteiger partial charge on any atom is 0.406 e. The Morgan fingerprint density at radius 2 is 1.63 bits per heavy atom. The summed E-state index contributed by atoms with van der Waals surface area (Å²) in [4.78, 5) is 38.2. The molecule has 3 amide bonds. The van der Waals surface area contributed by atoms with E-state index in [-0.39, 0.29) is 40.2 Å². The molecular formula is C31H29BrClF3N4O3. The standard InChI is InChI=1S/C31H29BrClF3N4O3/c1-17(2)28(41)37-15-19-4-10-25(33)24(12-19)29(42)39-23-9-11-26-21(13-23)14-27(40(26)16-31(34,35)36)30(43)38-18(3)20-5-7-22(32)8-6-20/h4-14,17-18H,15-16H2,1-3H3,(H,37,41)(H,38,43)(H,39,42). The lowest BCUT2D eigenvalue weighted by Crippen LogP contribution is -2.30. The number of benzene rings is 3. The Kier molecular flexibility index (Phi) is 9.86. The van der Waals surface area contributed by atoms with Crippen molar-refractivity contribution >= 4 is 61.8 Å². The first kappa shape index (κ1) is 32.1. The Morgan fingerprint density at radius 3 is 2.28 bits per heavy atom. The first-order valence-electron chi connectivity index (χ1n) is 13.4. The molecular weight excluding hydrogens is 649 g/mol. The Balaban J connectivity index is 1.59. The molecule has 4 aromatic rings. The maximum atomic E-state index is 13.6. The highest BCUT2D eigenvalue weighted by molar-refractivity contribution is 9.10. The second-order valence-corrected chi connectivity index (χ2v) is 11.7. The van der Waals surface area contributed by atoms with Gasteiger partial charge in [0.05, 0.1) is 16.6 Å². The molecule has 1 atom stereocenters. The van der Waals surface area contributed by atoms with Crippen molar-refractivity contribution in [3.8, 4) is 0 Å². The number of carbonyl (C=O) groups excluding carboxylic acids is 3. The van der Waals surface area contributed by atoms with Crippen LogP contribution in [0.2, 0.25) is 5.02 Å². The zero-order chi connectivity index (χ0) is 31.5. The molecule has 0 saturated carbocycles. The van der Waals surface area contributed by atoms with Crippen LogP contribution in [0.1, 0.15) is 58.8 Å². The van der Waals surface area contributed by atoms with Crippen LogP contribution in [-0.2, 0) is 17.9 Å². The topological polar surface area (TPSA) is 92.2 Å². The third-order valence-electron chi connectivity index (χ3n) is 6.71. The number of nitrogens with one attached hydrogen (secondary N) is 3. The summed E-state index contributed by atoms with van der Waals surface area (Å²) < 4.78 is 42.4. The zero-order valence-electron chi connectivity index (χ0n) is 23.5. The molecule has 0 aliphatic heterocycles. The van der Waals surface area contributed by atoms with E-state index in [2.05, 4.69) is 31.9 Å². The van der Waals surface area contributed by atoms with Gasteiger partial charge in [0.25, 0.3) is 11.8 Å². The molecule has 3 N–H and O–H groups in total. The van der Waals surface area contributed by atoms with E-state index in [1.54, 1.807) is 51.1 Å². The summed E-state index contributed by atoms with van der Waals surface area (Å²) in [6.45, 7) is 4.11. The van der Waals surface area contributed by atoms with Crippen molar-refractivity contribution in [3.05, 3.63) is 98.6 Å². The molecule has 0 spiro atoms. The van der Waals surface area contributed by atoms with Gasteiger partial charge in [-0.05, 0) is 66.6 Å². The van der Waals surface area contributed by atoms with Gasteiger partial charge in [-0.1, -0.05) is 59.6 Å². The van der Waals surface area contributed by atoms with Gasteiger partial charge in [0.2, 0.25) is 5.91 Å². The van der Waals surface area contributed by atoms with Crippen molar-refractivity contribution < 1.29 is 27.6 Å². The number of hydrogen-bond donors (Lipinski definition) is 3. The molecule has 7 nitrogen and oxygen atoms in total. The van der Waals surface area contributed by atoms with Crippen molar-refractivity contribution in [2.45, 2.75) is 46.1 Å². The first-order chi connectivity index (χ1) is 20.2. The van der Waals surface area contributed by atoms with Gasteiger partial charge in [0, 0.05) is 33.5 Å². The lowest BCUT2D eigenvalue weighted by molar-refractivity contribution is -0.140. The number of amides is 3. The smallest absolute Gasteiger partial charge is 0.352 e. The average Bonchev–Trinajstić information content (AvgIpc) is 3.28. The largest absolute Gasteiger partial charge is 0.406 e. The monoisotopic (exact) mass is 676 g/mol. The summed E-state index contributed by atoms with van der Waals surface area (Å²) in [5, 5.41) is 8.79. The number of anilines is 1. The number of nitrogens with zero attached hydrogens (tertiary/aromatic N) is 1. The second kappa shape index (κ2) is 13.2. The molecule has 43 heavy (non-hydrogen) atoms. The number of halogens is 5. The van der Waals surface area contributed by atoms with E-state index in [1.807, 2.05) is 12.1 Å². The van der Waals surface area contributed by atoms with E-state index in [0.717, 1.165) is 14.6 Å². The Labute approximate surface area is 259 Å². The fourth-order valence-corrected chi connectivity index (χ4v) is 4.91. The molecule has 0 fully saturated rings.